The van der Waals surface area contributed by atoms with Crippen molar-refractivity contribution >= 4 is 11.0 Å². The third kappa shape index (κ3) is 9.19. The summed E-state index contributed by atoms with van der Waals surface area (Å²) in [5, 5.41) is 13.3. The van der Waals surface area contributed by atoms with Crippen LogP contribution in [0.1, 0.15) is 132 Å². The molecule has 4 heteroatoms. The first kappa shape index (κ1) is 23.6. The van der Waals surface area contributed by atoms with Crippen LogP contribution in [0.2, 0.25) is 0 Å². The van der Waals surface area contributed by atoms with Gasteiger partial charge in [0, 0.05) is 55.8 Å². The van der Waals surface area contributed by atoms with Gasteiger partial charge in [0.2, 0.25) is 0 Å². The fourth-order valence-corrected chi connectivity index (χ4v) is 9.03. The van der Waals surface area contributed by atoms with Gasteiger partial charge >= 0.3 is 0 Å². The Morgan fingerprint density at radius 1 is 0.514 bits per heavy atom. The number of benzene rings is 8. The molecule has 0 saturated heterocycles. The zero-order chi connectivity index (χ0) is 76.8. The zero-order valence-corrected chi connectivity index (χ0v) is 39.1. The molecule has 2 heterocycles. The first-order valence-electron chi connectivity index (χ1n) is 38.2. The highest BCUT2D eigenvalue weighted by molar-refractivity contribution is 5.98. The number of aromatic hydroxyl groups is 1. The van der Waals surface area contributed by atoms with Crippen molar-refractivity contribution in [3.63, 3.8) is 0 Å². The molecule has 358 valence electrons. The summed E-state index contributed by atoms with van der Waals surface area (Å²) in [5.41, 5.74) is -13.6. The van der Waals surface area contributed by atoms with Crippen LogP contribution in [0.4, 0.5) is 0 Å². The Bertz CT molecular complexity index is 4890. The van der Waals surface area contributed by atoms with Crippen LogP contribution in [-0.2, 0) is 16.2 Å². The minimum atomic E-state index is -4.37. The van der Waals surface area contributed by atoms with Crippen LogP contribution in [0.5, 0.6) is 5.75 Å². The lowest BCUT2D eigenvalue weighted by Gasteiger charge is -2.28. The molecule has 0 spiro atoms. The van der Waals surface area contributed by atoms with Crippen molar-refractivity contribution in [1.29, 1.82) is 0 Å². The standard InChI is InChI=1S/C68H65N3O/c1-43-28-30-46(31-29-43)48-34-35-69-59(40-48)52-38-50(45-20-14-12-15-21-45)37-51(39-52)55-25-19-27-61-63(55)70-65(56-41-53(66(3,4)5)42-58(64(56)72)68(9,10)11)71(61)60-33-32-49(36-44(60)2)62-54(47-22-16-13-17-23-47)24-18-26-57(62)67(6,7)8/h12-42,72H,1-11H3/i1D3,2D3,3D3,4D3,5D3,9D3,10D3,11D3,28D,29D,30D,31D,34D,35D,40D. The largest absolute Gasteiger partial charge is 0.507 e. The molecule has 0 aliphatic heterocycles. The Hall–Kier alpha value is -7.82. The Balaban J connectivity index is 1.43. The van der Waals surface area contributed by atoms with E-state index in [9.17, 15) is 10.6 Å². The van der Waals surface area contributed by atoms with Crippen molar-refractivity contribution in [1.82, 2.24) is 14.5 Å². The summed E-state index contributed by atoms with van der Waals surface area (Å²) < 4.78 is 276. The van der Waals surface area contributed by atoms with E-state index in [1.165, 1.54) is 42.5 Å². The number of phenols is 1. The number of pyridine rings is 1. The molecular weight excluding hydrogens is 875 g/mol. The molecule has 0 amide bonds. The number of aromatic nitrogens is 3. The van der Waals surface area contributed by atoms with Crippen LogP contribution in [0.25, 0.3) is 95.0 Å². The number of phenolic OH excluding ortho intramolecular Hbond substituents is 1. The van der Waals surface area contributed by atoms with Crippen LogP contribution >= 0.6 is 0 Å². The minimum absolute atomic E-state index is 0.00417. The highest BCUT2D eigenvalue weighted by atomic mass is 16.3. The van der Waals surface area contributed by atoms with Crippen molar-refractivity contribution < 1.29 is 47.6 Å². The second-order valence-electron chi connectivity index (χ2n) is 18.6. The van der Waals surface area contributed by atoms with E-state index >= 15 is 0 Å². The van der Waals surface area contributed by atoms with E-state index in [1.54, 1.807) is 42.5 Å². The van der Waals surface area contributed by atoms with Gasteiger partial charge in [-0.05, 0) is 151 Å². The SMILES string of the molecule is [2H]c1nc(-c2cc(-c3ccccc3)cc(-c3cccc4c3nc(-c3cc(C(C([2H])([2H])[2H])(C([2H])([2H])[2H])C([2H])([2H])[2H])cc(C(C([2H])([2H])[2H])(C([2H])([2H])[2H])C([2H])([2H])[2H])c3O)n4-c3ccc(-c4c(-c5ccccc5)cccc4C(C)(C)C)cc3C([2H])([2H])[2H])c2)c([2H])c(-c2c([2H])c([2H])c(C([2H])([2H])[2H])c([2H])c2[2H])c1[2H]. The highest BCUT2D eigenvalue weighted by Crippen LogP contribution is 2.47. The Kier molecular flexibility index (Phi) is 6.04. The average molecular weight is 971 g/mol. The smallest absolute Gasteiger partial charge is 0.149 e. The van der Waals surface area contributed by atoms with Crippen LogP contribution < -0.4 is 0 Å². The van der Waals surface area contributed by atoms with E-state index in [2.05, 4.69) is 4.98 Å². The van der Waals surface area contributed by atoms with Crippen LogP contribution in [0, 0.1) is 13.7 Å². The first-order valence-corrected chi connectivity index (χ1v) is 22.7. The van der Waals surface area contributed by atoms with Gasteiger partial charge in [0.05, 0.1) is 37.6 Å². The number of hydrogen-bond acceptors (Lipinski definition) is 3. The molecule has 2 aromatic heterocycles. The average Bonchev–Trinajstić information content (AvgIpc) is 1.60. The van der Waals surface area contributed by atoms with Gasteiger partial charge < -0.3 is 5.11 Å². The minimum Gasteiger partial charge on any atom is -0.507 e. The summed E-state index contributed by atoms with van der Waals surface area (Å²) in [6.07, 6.45) is -0.843. The maximum Gasteiger partial charge on any atom is 0.149 e. The van der Waals surface area contributed by atoms with Gasteiger partial charge in [0.25, 0.3) is 0 Å². The van der Waals surface area contributed by atoms with Gasteiger partial charge in [-0.1, -0.05) is 195 Å². The lowest BCUT2D eigenvalue weighted by molar-refractivity contribution is 0.446. The molecule has 72 heavy (non-hydrogen) atoms. The maximum absolute atomic E-state index is 13.3. The molecule has 10 aromatic rings. The number of para-hydroxylation sites is 1. The van der Waals surface area contributed by atoms with E-state index in [1.807, 2.05) is 69.3 Å². The van der Waals surface area contributed by atoms with E-state index in [0.29, 0.717) is 33.9 Å². The Labute approximate surface area is 470 Å². The first-order chi connectivity index (χ1) is 47.2. The summed E-state index contributed by atoms with van der Waals surface area (Å²) in [7, 11) is 0. The fourth-order valence-electron chi connectivity index (χ4n) is 9.03. The van der Waals surface area contributed by atoms with Crippen molar-refractivity contribution in [2.24, 2.45) is 0 Å². The van der Waals surface area contributed by atoms with Gasteiger partial charge in [0.1, 0.15) is 11.6 Å². The topological polar surface area (TPSA) is 50.9 Å². The van der Waals surface area contributed by atoms with E-state index in [-0.39, 0.29) is 39.5 Å². The Morgan fingerprint density at radius 2 is 1.21 bits per heavy atom. The van der Waals surface area contributed by atoms with Gasteiger partial charge in [-0.25, -0.2) is 4.98 Å². The number of rotatable bonds is 8. The fraction of sp³-hybridized carbons (Fsp3) is 0.206. The molecular formula is C68H65N3O. The van der Waals surface area contributed by atoms with Gasteiger partial charge in [0.15, 0.2) is 0 Å². The summed E-state index contributed by atoms with van der Waals surface area (Å²) in [6.45, 7) is -26.3. The molecule has 0 aliphatic rings. The van der Waals surface area contributed by atoms with Crippen LogP contribution in [-0.4, -0.2) is 19.6 Å². The molecule has 0 bridgehead atoms. The molecule has 1 N–H and O–H groups in total. The predicted molar refractivity (Wildman–Crippen MR) is 304 cm³/mol. The normalized spacial score (nSPS) is 19.8. The second-order valence-corrected chi connectivity index (χ2v) is 18.6. The molecule has 0 fully saturated rings. The lowest BCUT2D eigenvalue weighted by atomic mass is 9.78. The van der Waals surface area contributed by atoms with Crippen molar-refractivity contribution in [2.45, 2.75) is 91.8 Å². The third-order valence-electron chi connectivity index (χ3n) is 12.4. The summed E-state index contributed by atoms with van der Waals surface area (Å²) in [4.78, 5) is 9.37. The van der Waals surface area contributed by atoms with Crippen molar-refractivity contribution in [3.05, 3.63) is 216 Å². The predicted octanol–water partition coefficient (Wildman–Crippen LogP) is 18.3. The Morgan fingerprint density at radius 3 is 1.92 bits per heavy atom. The quantitative estimate of drug-likeness (QED) is 0.165. The number of aryl methyl sites for hydroxylation is 1. The summed E-state index contributed by atoms with van der Waals surface area (Å²) in [5.74, 6) is -2.46. The lowest BCUT2D eigenvalue weighted by Crippen LogP contribution is -2.17. The second kappa shape index (κ2) is 18.4. The number of imidazole rings is 1. The molecule has 0 radical (unpaired) electrons. The molecule has 0 saturated carbocycles. The van der Waals surface area contributed by atoms with E-state index in [0.717, 1.165) is 15.7 Å². The van der Waals surface area contributed by atoms with Crippen LogP contribution in [0.15, 0.2) is 188 Å². The maximum atomic E-state index is 13.3. The summed E-state index contributed by atoms with van der Waals surface area (Å²) in [6, 6.07) is 31.3. The van der Waals surface area contributed by atoms with Gasteiger partial charge in [-0.2, -0.15) is 0 Å². The monoisotopic (exact) mass is 971 g/mol. The highest BCUT2D eigenvalue weighted by Gasteiger charge is 2.30. The van der Waals surface area contributed by atoms with Crippen molar-refractivity contribution in [2.75, 3.05) is 0 Å². The summed E-state index contributed by atoms with van der Waals surface area (Å²) >= 11 is 0. The van der Waals surface area contributed by atoms with Gasteiger partial charge in [-0.15, -0.1) is 0 Å². The molecule has 10 rings (SSSR count). The van der Waals surface area contributed by atoms with E-state index < -0.39 is 170 Å². The molecule has 0 atom stereocenters. The number of nitrogens with zero attached hydrogens (tertiary/aromatic N) is 3. The van der Waals surface area contributed by atoms with E-state index in [4.69, 9.17) is 42.0 Å². The molecule has 0 aliphatic carbocycles. The zero-order valence-electron chi connectivity index (χ0n) is 70.1. The molecule has 4 nitrogen and oxygen atoms in total. The van der Waals surface area contributed by atoms with Gasteiger partial charge in [-0.3, -0.25) is 9.55 Å². The number of hydrogen-bond donors (Lipinski definition) is 1. The molecule has 0 unspecified atom stereocenters. The molecule has 8 aromatic carbocycles. The van der Waals surface area contributed by atoms with Crippen molar-refractivity contribution in [3.8, 4) is 89.7 Å². The van der Waals surface area contributed by atoms with Crippen LogP contribution in [0.3, 0.4) is 0 Å². The number of fused-ring (bicyclic) bond motifs is 1. The third-order valence-corrected chi connectivity index (χ3v) is 12.4.